The first-order valence-corrected chi connectivity index (χ1v) is 7.82. The van der Waals surface area contributed by atoms with Crippen LogP contribution in [-0.4, -0.2) is 31.1 Å². The Morgan fingerprint density at radius 2 is 1.89 bits per heavy atom. The summed E-state index contributed by atoms with van der Waals surface area (Å²) < 4.78 is 0. The Kier molecular flexibility index (Phi) is 5.87. The lowest BCUT2D eigenvalue weighted by molar-refractivity contribution is 0.314. The van der Waals surface area contributed by atoms with Crippen LogP contribution >= 0.6 is 0 Å². The molecule has 1 saturated heterocycles. The van der Waals surface area contributed by atoms with Gasteiger partial charge in [-0.3, -0.25) is 4.90 Å². The molecule has 1 aliphatic rings. The minimum atomic E-state index is 0.849. The Morgan fingerprint density at radius 3 is 2.58 bits per heavy atom. The zero-order chi connectivity index (χ0) is 13.5. The van der Waals surface area contributed by atoms with Crippen molar-refractivity contribution in [1.29, 1.82) is 0 Å². The first kappa shape index (κ1) is 14.5. The summed E-state index contributed by atoms with van der Waals surface area (Å²) in [4.78, 5) is 2.60. The van der Waals surface area contributed by atoms with Crippen LogP contribution < -0.4 is 5.32 Å². The average Bonchev–Trinajstić information content (AvgIpc) is 2.88. The number of hydrogen-bond acceptors (Lipinski definition) is 2. The van der Waals surface area contributed by atoms with E-state index in [0.717, 1.165) is 25.4 Å². The van der Waals surface area contributed by atoms with E-state index in [1.54, 1.807) is 0 Å². The number of benzene rings is 1. The SMILES string of the molecule is CCCNCC1CCN(Cc2ccc(CC)cc2)C1. The second-order valence-electron chi connectivity index (χ2n) is 5.76. The van der Waals surface area contributed by atoms with Crippen LogP contribution in [0, 0.1) is 5.92 Å². The molecule has 0 bridgehead atoms. The minimum absolute atomic E-state index is 0.849. The molecule has 0 aliphatic carbocycles. The molecule has 1 atom stereocenters. The molecule has 1 aromatic carbocycles. The van der Waals surface area contributed by atoms with Crippen molar-refractivity contribution in [2.24, 2.45) is 5.92 Å². The molecule has 2 nitrogen and oxygen atoms in total. The number of rotatable bonds is 7. The van der Waals surface area contributed by atoms with Gasteiger partial charge in [0.15, 0.2) is 0 Å². The van der Waals surface area contributed by atoms with Crippen molar-refractivity contribution >= 4 is 0 Å². The molecule has 0 aromatic heterocycles. The average molecular weight is 260 g/mol. The molecule has 1 N–H and O–H groups in total. The molecule has 1 fully saturated rings. The summed E-state index contributed by atoms with van der Waals surface area (Å²) in [6.45, 7) is 10.4. The van der Waals surface area contributed by atoms with Crippen molar-refractivity contribution in [3.05, 3.63) is 35.4 Å². The van der Waals surface area contributed by atoms with Gasteiger partial charge in [-0.15, -0.1) is 0 Å². The van der Waals surface area contributed by atoms with Crippen molar-refractivity contribution in [1.82, 2.24) is 10.2 Å². The van der Waals surface area contributed by atoms with Gasteiger partial charge >= 0.3 is 0 Å². The molecule has 19 heavy (non-hydrogen) atoms. The van der Waals surface area contributed by atoms with E-state index in [1.165, 1.54) is 43.6 Å². The topological polar surface area (TPSA) is 15.3 Å². The molecule has 2 heteroatoms. The fourth-order valence-corrected chi connectivity index (χ4v) is 2.84. The molecule has 2 rings (SSSR count). The van der Waals surface area contributed by atoms with Gasteiger partial charge in [0.05, 0.1) is 0 Å². The van der Waals surface area contributed by atoms with E-state index in [2.05, 4.69) is 48.3 Å². The normalized spacial score (nSPS) is 20.0. The van der Waals surface area contributed by atoms with Gasteiger partial charge in [-0.05, 0) is 55.9 Å². The van der Waals surface area contributed by atoms with Gasteiger partial charge in [-0.1, -0.05) is 38.1 Å². The lowest BCUT2D eigenvalue weighted by atomic mass is 10.1. The highest BCUT2D eigenvalue weighted by atomic mass is 15.1. The van der Waals surface area contributed by atoms with E-state index in [4.69, 9.17) is 0 Å². The Labute approximate surface area is 118 Å². The standard InChI is InChI=1S/C17H28N2/c1-3-10-18-12-17-9-11-19(14-17)13-16-7-5-15(4-2)6-8-16/h5-8,17-18H,3-4,9-14H2,1-2H3. The first-order valence-electron chi connectivity index (χ1n) is 7.82. The maximum Gasteiger partial charge on any atom is 0.0233 e. The van der Waals surface area contributed by atoms with Crippen LogP contribution in [0.2, 0.25) is 0 Å². The van der Waals surface area contributed by atoms with Gasteiger partial charge in [0.25, 0.3) is 0 Å². The van der Waals surface area contributed by atoms with E-state index in [9.17, 15) is 0 Å². The van der Waals surface area contributed by atoms with E-state index in [1.807, 2.05) is 0 Å². The van der Waals surface area contributed by atoms with Crippen molar-refractivity contribution in [3.8, 4) is 0 Å². The molecule has 1 aromatic rings. The fourth-order valence-electron chi connectivity index (χ4n) is 2.84. The quantitative estimate of drug-likeness (QED) is 0.758. The third kappa shape index (κ3) is 4.63. The molecule has 106 valence electrons. The lowest BCUT2D eigenvalue weighted by Crippen LogP contribution is -2.26. The Morgan fingerprint density at radius 1 is 1.16 bits per heavy atom. The Hall–Kier alpha value is -0.860. The van der Waals surface area contributed by atoms with Gasteiger partial charge < -0.3 is 5.32 Å². The van der Waals surface area contributed by atoms with E-state index in [0.29, 0.717) is 0 Å². The molecule has 1 unspecified atom stereocenters. The van der Waals surface area contributed by atoms with Gasteiger partial charge in [0, 0.05) is 13.1 Å². The number of hydrogen-bond donors (Lipinski definition) is 1. The third-order valence-corrected chi connectivity index (χ3v) is 4.07. The van der Waals surface area contributed by atoms with Crippen LogP contribution in [-0.2, 0) is 13.0 Å². The zero-order valence-electron chi connectivity index (χ0n) is 12.5. The smallest absolute Gasteiger partial charge is 0.0233 e. The zero-order valence-corrected chi connectivity index (χ0v) is 12.5. The number of aryl methyl sites for hydroxylation is 1. The van der Waals surface area contributed by atoms with E-state index in [-0.39, 0.29) is 0 Å². The summed E-state index contributed by atoms with van der Waals surface area (Å²) in [5.41, 5.74) is 2.89. The highest BCUT2D eigenvalue weighted by Gasteiger charge is 2.21. The van der Waals surface area contributed by atoms with Gasteiger partial charge in [-0.25, -0.2) is 0 Å². The van der Waals surface area contributed by atoms with Crippen molar-refractivity contribution < 1.29 is 0 Å². The largest absolute Gasteiger partial charge is 0.316 e. The van der Waals surface area contributed by atoms with E-state index < -0.39 is 0 Å². The number of nitrogens with one attached hydrogen (secondary N) is 1. The lowest BCUT2D eigenvalue weighted by Gasteiger charge is -2.16. The summed E-state index contributed by atoms with van der Waals surface area (Å²) >= 11 is 0. The first-order chi connectivity index (χ1) is 9.31. The minimum Gasteiger partial charge on any atom is -0.316 e. The Bertz CT molecular complexity index is 358. The maximum atomic E-state index is 3.55. The molecule has 0 radical (unpaired) electrons. The van der Waals surface area contributed by atoms with Crippen LogP contribution in [0.5, 0.6) is 0 Å². The van der Waals surface area contributed by atoms with Crippen molar-refractivity contribution in [2.75, 3.05) is 26.2 Å². The number of nitrogens with zero attached hydrogens (tertiary/aromatic N) is 1. The van der Waals surface area contributed by atoms with Gasteiger partial charge in [0.2, 0.25) is 0 Å². The highest BCUT2D eigenvalue weighted by Crippen LogP contribution is 2.18. The molecule has 0 saturated carbocycles. The molecule has 1 aliphatic heterocycles. The summed E-state index contributed by atoms with van der Waals surface area (Å²) in [7, 11) is 0. The van der Waals surface area contributed by atoms with Crippen LogP contribution in [0.3, 0.4) is 0 Å². The van der Waals surface area contributed by atoms with Gasteiger partial charge in [0.1, 0.15) is 0 Å². The van der Waals surface area contributed by atoms with Crippen LogP contribution in [0.1, 0.15) is 37.8 Å². The maximum absolute atomic E-state index is 3.55. The molecule has 0 amide bonds. The van der Waals surface area contributed by atoms with E-state index >= 15 is 0 Å². The monoisotopic (exact) mass is 260 g/mol. The summed E-state index contributed by atoms with van der Waals surface area (Å²) in [5, 5.41) is 3.55. The van der Waals surface area contributed by atoms with Gasteiger partial charge in [-0.2, -0.15) is 0 Å². The van der Waals surface area contributed by atoms with Crippen LogP contribution in [0.25, 0.3) is 0 Å². The predicted octanol–water partition coefficient (Wildman–Crippen LogP) is 3.07. The molecular formula is C17H28N2. The van der Waals surface area contributed by atoms with Crippen LogP contribution in [0.4, 0.5) is 0 Å². The summed E-state index contributed by atoms with van der Waals surface area (Å²) in [6, 6.07) is 9.13. The molecule has 0 spiro atoms. The molecular weight excluding hydrogens is 232 g/mol. The second kappa shape index (κ2) is 7.66. The fraction of sp³-hybridized carbons (Fsp3) is 0.647. The molecule has 1 heterocycles. The summed E-state index contributed by atoms with van der Waals surface area (Å²) in [5.74, 6) is 0.849. The van der Waals surface area contributed by atoms with Crippen molar-refractivity contribution in [3.63, 3.8) is 0 Å². The third-order valence-electron chi connectivity index (χ3n) is 4.07. The Balaban J connectivity index is 1.74. The van der Waals surface area contributed by atoms with Crippen LogP contribution in [0.15, 0.2) is 24.3 Å². The van der Waals surface area contributed by atoms with Crippen molar-refractivity contribution in [2.45, 2.75) is 39.7 Å². The second-order valence-corrected chi connectivity index (χ2v) is 5.76. The highest BCUT2D eigenvalue weighted by molar-refractivity contribution is 5.22. The predicted molar refractivity (Wildman–Crippen MR) is 82.4 cm³/mol. The number of likely N-dealkylation sites (tertiary alicyclic amines) is 1. The summed E-state index contributed by atoms with van der Waals surface area (Å²) in [6.07, 6.45) is 3.72.